The number of carbonyl (C=O) groups is 1. The molecule has 0 amide bonds. The minimum absolute atomic E-state index is 0.199. The molecule has 80 valence electrons. The van der Waals surface area contributed by atoms with Gasteiger partial charge in [-0.05, 0) is 37.4 Å². The second-order valence-corrected chi connectivity index (χ2v) is 4.77. The van der Waals surface area contributed by atoms with Gasteiger partial charge in [-0.25, -0.2) is 0 Å². The van der Waals surface area contributed by atoms with E-state index in [4.69, 9.17) is 0 Å². The highest BCUT2D eigenvalue weighted by Gasteiger charge is 2.28. The van der Waals surface area contributed by atoms with Crippen LogP contribution in [0.25, 0.3) is 0 Å². The van der Waals surface area contributed by atoms with E-state index in [1.54, 1.807) is 6.08 Å². The molecule has 0 aromatic rings. The lowest BCUT2D eigenvalue weighted by Gasteiger charge is -2.29. The van der Waals surface area contributed by atoms with Gasteiger partial charge in [0, 0.05) is 5.92 Å². The summed E-state index contributed by atoms with van der Waals surface area (Å²) in [5.74, 6) is 0.538. The number of nitrogens with one attached hydrogen (secondary N) is 1. The highest BCUT2D eigenvalue weighted by Crippen LogP contribution is 2.33. The molecule has 0 saturated heterocycles. The molecule has 1 N–H and O–H groups in total. The number of hydrogen-bond donors (Lipinski definition) is 1. The fraction of sp³-hybridized carbons (Fsp3) is 0.750. The third kappa shape index (κ3) is 3.26. The van der Waals surface area contributed by atoms with E-state index < -0.39 is 0 Å². The summed E-state index contributed by atoms with van der Waals surface area (Å²) in [6, 6.07) is 0. The van der Waals surface area contributed by atoms with Gasteiger partial charge in [0.05, 0.1) is 0 Å². The largest absolute Gasteiger partial charge is 0.317 e. The topological polar surface area (TPSA) is 29.1 Å². The van der Waals surface area contributed by atoms with Crippen LogP contribution < -0.4 is 5.32 Å². The second-order valence-electron chi connectivity index (χ2n) is 4.77. The van der Waals surface area contributed by atoms with Crippen LogP contribution in [0.1, 0.15) is 33.6 Å². The van der Waals surface area contributed by atoms with Crippen LogP contribution in [0.3, 0.4) is 0 Å². The van der Waals surface area contributed by atoms with Gasteiger partial charge in [0.15, 0.2) is 5.78 Å². The zero-order valence-corrected chi connectivity index (χ0v) is 9.47. The molecule has 0 bridgehead atoms. The normalized spacial score (nSPS) is 25.4. The van der Waals surface area contributed by atoms with Crippen LogP contribution >= 0.6 is 0 Å². The average Bonchev–Trinajstić information content (AvgIpc) is 2.11. The quantitative estimate of drug-likeness (QED) is 0.696. The van der Waals surface area contributed by atoms with Crippen molar-refractivity contribution in [2.45, 2.75) is 33.6 Å². The molecule has 1 aliphatic rings. The van der Waals surface area contributed by atoms with Crippen LogP contribution in [0.5, 0.6) is 0 Å². The Labute approximate surface area is 86.8 Å². The Morgan fingerprint density at radius 1 is 1.57 bits per heavy atom. The van der Waals surface area contributed by atoms with Gasteiger partial charge in [-0.2, -0.15) is 0 Å². The number of ketones is 1. The monoisotopic (exact) mass is 195 g/mol. The average molecular weight is 195 g/mol. The molecule has 1 unspecified atom stereocenters. The van der Waals surface area contributed by atoms with E-state index >= 15 is 0 Å². The standard InChI is InChI=1S/C12H21NO/c1-4-13-8-6-10-9-12(2,3)7-5-11(10)14/h5,7,10,13H,4,6,8-9H2,1-3H3. The van der Waals surface area contributed by atoms with Crippen molar-refractivity contribution in [2.75, 3.05) is 13.1 Å². The molecule has 1 rings (SSSR count). The van der Waals surface area contributed by atoms with Crippen molar-refractivity contribution < 1.29 is 4.79 Å². The first kappa shape index (κ1) is 11.4. The Morgan fingerprint density at radius 2 is 2.29 bits per heavy atom. The molecule has 0 fully saturated rings. The Hall–Kier alpha value is -0.630. The summed E-state index contributed by atoms with van der Waals surface area (Å²) in [6.45, 7) is 8.41. The van der Waals surface area contributed by atoms with Crippen molar-refractivity contribution in [1.29, 1.82) is 0 Å². The van der Waals surface area contributed by atoms with Gasteiger partial charge in [0.2, 0.25) is 0 Å². The molecule has 2 heteroatoms. The van der Waals surface area contributed by atoms with Crippen LogP contribution in [-0.2, 0) is 4.79 Å². The number of hydrogen-bond acceptors (Lipinski definition) is 2. The first-order valence-corrected chi connectivity index (χ1v) is 5.49. The molecule has 0 radical (unpaired) electrons. The van der Waals surface area contributed by atoms with Gasteiger partial charge in [-0.3, -0.25) is 4.79 Å². The maximum absolute atomic E-state index is 11.6. The van der Waals surface area contributed by atoms with Crippen molar-refractivity contribution in [2.24, 2.45) is 11.3 Å². The van der Waals surface area contributed by atoms with Crippen LogP contribution in [0, 0.1) is 11.3 Å². The zero-order valence-electron chi connectivity index (χ0n) is 9.47. The van der Waals surface area contributed by atoms with Crippen molar-refractivity contribution in [3.63, 3.8) is 0 Å². The summed E-state index contributed by atoms with van der Waals surface area (Å²) >= 11 is 0. The summed E-state index contributed by atoms with van der Waals surface area (Å²) in [6.07, 6.45) is 5.77. The first-order chi connectivity index (χ1) is 6.55. The number of allylic oxidation sites excluding steroid dienone is 2. The van der Waals surface area contributed by atoms with Crippen LogP contribution in [0.15, 0.2) is 12.2 Å². The maximum Gasteiger partial charge on any atom is 0.158 e. The minimum atomic E-state index is 0.199. The van der Waals surface area contributed by atoms with Crippen LogP contribution in [-0.4, -0.2) is 18.9 Å². The van der Waals surface area contributed by atoms with Gasteiger partial charge >= 0.3 is 0 Å². The van der Waals surface area contributed by atoms with Crippen LogP contribution in [0.4, 0.5) is 0 Å². The Bertz CT molecular complexity index is 230. The minimum Gasteiger partial charge on any atom is -0.317 e. The zero-order chi connectivity index (χ0) is 10.6. The predicted octanol–water partition coefficient (Wildman–Crippen LogP) is 2.16. The molecule has 0 heterocycles. The molecule has 1 aliphatic carbocycles. The lowest BCUT2D eigenvalue weighted by atomic mass is 9.75. The molecule has 0 spiro atoms. The van der Waals surface area contributed by atoms with Crippen molar-refractivity contribution >= 4 is 5.78 Å². The molecule has 14 heavy (non-hydrogen) atoms. The molecule has 0 aliphatic heterocycles. The summed E-state index contributed by atoms with van der Waals surface area (Å²) in [7, 11) is 0. The van der Waals surface area contributed by atoms with E-state index in [0.717, 1.165) is 25.9 Å². The molecule has 1 atom stereocenters. The van der Waals surface area contributed by atoms with E-state index in [0.29, 0.717) is 5.78 Å². The van der Waals surface area contributed by atoms with E-state index in [9.17, 15) is 4.79 Å². The van der Waals surface area contributed by atoms with Gasteiger partial charge in [-0.15, -0.1) is 0 Å². The number of rotatable bonds is 4. The number of carbonyl (C=O) groups excluding carboxylic acids is 1. The highest BCUT2D eigenvalue weighted by atomic mass is 16.1. The van der Waals surface area contributed by atoms with E-state index in [1.165, 1.54) is 0 Å². The third-order valence-corrected chi connectivity index (χ3v) is 2.79. The third-order valence-electron chi connectivity index (χ3n) is 2.79. The molecular formula is C12H21NO. The summed E-state index contributed by atoms with van der Waals surface area (Å²) in [5.41, 5.74) is 0.199. The van der Waals surface area contributed by atoms with E-state index in [2.05, 4.69) is 26.1 Å². The summed E-state index contributed by atoms with van der Waals surface area (Å²) < 4.78 is 0. The fourth-order valence-electron chi connectivity index (χ4n) is 1.94. The van der Waals surface area contributed by atoms with Gasteiger partial charge in [-0.1, -0.05) is 26.8 Å². The fourth-order valence-corrected chi connectivity index (χ4v) is 1.94. The lowest BCUT2D eigenvalue weighted by molar-refractivity contribution is -0.119. The lowest BCUT2D eigenvalue weighted by Crippen LogP contribution is -2.28. The molecule has 0 aromatic heterocycles. The van der Waals surface area contributed by atoms with Crippen molar-refractivity contribution in [1.82, 2.24) is 5.32 Å². The van der Waals surface area contributed by atoms with Crippen molar-refractivity contribution in [3.8, 4) is 0 Å². The molecule has 0 saturated carbocycles. The summed E-state index contributed by atoms with van der Waals surface area (Å²) in [4.78, 5) is 11.6. The molecule has 0 aromatic carbocycles. The second kappa shape index (κ2) is 4.74. The van der Waals surface area contributed by atoms with E-state index in [1.807, 2.05) is 6.08 Å². The molecule has 2 nitrogen and oxygen atoms in total. The Morgan fingerprint density at radius 3 is 2.93 bits per heavy atom. The summed E-state index contributed by atoms with van der Waals surface area (Å²) in [5, 5.41) is 3.27. The van der Waals surface area contributed by atoms with Gasteiger partial charge in [0.25, 0.3) is 0 Å². The van der Waals surface area contributed by atoms with Crippen molar-refractivity contribution in [3.05, 3.63) is 12.2 Å². The Balaban J connectivity index is 2.45. The SMILES string of the molecule is CCNCCC1CC(C)(C)C=CC1=O. The van der Waals surface area contributed by atoms with Gasteiger partial charge in [0.1, 0.15) is 0 Å². The van der Waals surface area contributed by atoms with Crippen LogP contribution in [0.2, 0.25) is 0 Å². The van der Waals surface area contributed by atoms with E-state index in [-0.39, 0.29) is 11.3 Å². The maximum atomic E-state index is 11.6. The first-order valence-electron chi connectivity index (χ1n) is 5.49. The molecular weight excluding hydrogens is 174 g/mol. The van der Waals surface area contributed by atoms with Gasteiger partial charge < -0.3 is 5.32 Å². The Kier molecular flexibility index (Phi) is 3.87. The predicted molar refractivity (Wildman–Crippen MR) is 59.2 cm³/mol. The smallest absolute Gasteiger partial charge is 0.158 e. The highest BCUT2D eigenvalue weighted by molar-refractivity contribution is 5.92.